The van der Waals surface area contributed by atoms with Crippen molar-refractivity contribution in [3.8, 4) is 5.75 Å². The second kappa shape index (κ2) is 10.2. The largest absolute Gasteiger partial charge is 0.497 e. The molecule has 174 valence electrons. The van der Waals surface area contributed by atoms with Gasteiger partial charge in [-0.2, -0.15) is 0 Å². The van der Waals surface area contributed by atoms with Gasteiger partial charge in [-0.1, -0.05) is 36.4 Å². The quantitative estimate of drug-likeness (QED) is 0.426. The Morgan fingerprint density at radius 1 is 1.00 bits per heavy atom. The molecule has 2 amide bonds. The van der Waals surface area contributed by atoms with Crippen LogP contribution in [0.1, 0.15) is 30.0 Å². The van der Waals surface area contributed by atoms with E-state index in [9.17, 15) is 9.59 Å². The van der Waals surface area contributed by atoms with Crippen molar-refractivity contribution in [2.75, 3.05) is 12.0 Å². The minimum atomic E-state index is -0.239. The van der Waals surface area contributed by atoms with Crippen LogP contribution in [-0.4, -0.2) is 34.5 Å². The zero-order valence-corrected chi connectivity index (χ0v) is 19.6. The molecule has 0 radical (unpaired) electrons. The molecule has 0 atom stereocenters. The van der Waals surface area contributed by atoms with E-state index in [0.29, 0.717) is 17.1 Å². The summed E-state index contributed by atoms with van der Waals surface area (Å²) in [5.74, 6) is 0.935. The highest BCUT2D eigenvalue weighted by atomic mass is 16.5. The number of methoxy groups -OCH3 is 1. The second-order valence-electron chi connectivity index (χ2n) is 8.21. The molecule has 4 aromatic rings. The van der Waals surface area contributed by atoms with Crippen molar-refractivity contribution in [1.29, 1.82) is 0 Å². The lowest BCUT2D eigenvalue weighted by Crippen LogP contribution is -2.39. The van der Waals surface area contributed by atoms with E-state index in [1.54, 1.807) is 36.3 Å². The topological polar surface area (TPSA) is 76.5 Å². The first-order chi connectivity index (χ1) is 16.5. The van der Waals surface area contributed by atoms with Gasteiger partial charge in [0.15, 0.2) is 0 Å². The zero-order chi connectivity index (χ0) is 24.1. The zero-order valence-electron chi connectivity index (χ0n) is 19.6. The van der Waals surface area contributed by atoms with Crippen LogP contribution in [0.15, 0.2) is 78.9 Å². The second-order valence-corrected chi connectivity index (χ2v) is 8.21. The number of nitrogens with zero attached hydrogens (tertiary/aromatic N) is 3. The van der Waals surface area contributed by atoms with Crippen LogP contribution in [-0.2, 0) is 17.9 Å². The van der Waals surface area contributed by atoms with Crippen molar-refractivity contribution >= 4 is 28.5 Å². The van der Waals surface area contributed by atoms with Crippen molar-refractivity contribution in [2.24, 2.45) is 0 Å². The lowest BCUT2D eigenvalue weighted by molar-refractivity contribution is -0.119. The van der Waals surface area contributed by atoms with E-state index < -0.39 is 0 Å². The molecule has 3 aromatic carbocycles. The SMILES string of the molecule is COc1cccc(C(=O)NCc2nc3ccccc3n2CC(=O)N(c2ccccc2)C(C)C)c1. The molecule has 7 heteroatoms. The number of benzene rings is 3. The van der Waals surface area contributed by atoms with Gasteiger partial charge in [-0.25, -0.2) is 4.98 Å². The number of anilines is 1. The van der Waals surface area contributed by atoms with E-state index in [1.165, 1.54) is 0 Å². The fraction of sp³-hybridized carbons (Fsp3) is 0.222. The molecule has 7 nitrogen and oxygen atoms in total. The summed E-state index contributed by atoms with van der Waals surface area (Å²) in [7, 11) is 1.56. The van der Waals surface area contributed by atoms with Gasteiger partial charge in [0.25, 0.3) is 5.91 Å². The van der Waals surface area contributed by atoms with E-state index in [4.69, 9.17) is 9.72 Å². The van der Waals surface area contributed by atoms with Crippen molar-refractivity contribution in [3.05, 3.63) is 90.3 Å². The van der Waals surface area contributed by atoms with Crippen molar-refractivity contribution in [3.63, 3.8) is 0 Å². The normalized spacial score (nSPS) is 10.9. The van der Waals surface area contributed by atoms with Crippen LogP contribution in [0.5, 0.6) is 5.75 Å². The van der Waals surface area contributed by atoms with Crippen LogP contribution < -0.4 is 15.0 Å². The molecule has 1 N–H and O–H groups in total. The van der Waals surface area contributed by atoms with Gasteiger partial charge in [0.1, 0.15) is 18.1 Å². The summed E-state index contributed by atoms with van der Waals surface area (Å²) in [4.78, 5) is 32.7. The van der Waals surface area contributed by atoms with Gasteiger partial charge in [-0.15, -0.1) is 0 Å². The molecule has 0 bridgehead atoms. The summed E-state index contributed by atoms with van der Waals surface area (Å²) >= 11 is 0. The van der Waals surface area contributed by atoms with Crippen LogP contribution in [0, 0.1) is 0 Å². The first-order valence-electron chi connectivity index (χ1n) is 11.2. The Kier molecular flexibility index (Phi) is 6.92. The molecule has 34 heavy (non-hydrogen) atoms. The summed E-state index contributed by atoms with van der Waals surface area (Å²) in [6.45, 7) is 4.28. The highest BCUT2D eigenvalue weighted by Crippen LogP contribution is 2.21. The van der Waals surface area contributed by atoms with Crippen LogP contribution in [0.2, 0.25) is 0 Å². The van der Waals surface area contributed by atoms with Gasteiger partial charge in [0.2, 0.25) is 5.91 Å². The van der Waals surface area contributed by atoms with Gasteiger partial charge in [-0.05, 0) is 56.3 Å². The van der Waals surface area contributed by atoms with E-state index in [2.05, 4.69) is 5.32 Å². The molecular weight excluding hydrogens is 428 g/mol. The van der Waals surface area contributed by atoms with Crippen LogP contribution in [0.4, 0.5) is 5.69 Å². The molecule has 4 rings (SSSR count). The predicted octanol–water partition coefficient (Wildman–Crippen LogP) is 4.42. The molecule has 0 aliphatic heterocycles. The molecule has 0 saturated heterocycles. The number of hydrogen-bond acceptors (Lipinski definition) is 4. The minimum absolute atomic E-state index is 0.0131. The lowest BCUT2D eigenvalue weighted by atomic mass is 10.2. The Labute approximate surface area is 199 Å². The Morgan fingerprint density at radius 3 is 2.47 bits per heavy atom. The minimum Gasteiger partial charge on any atom is -0.497 e. The van der Waals surface area contributed by atoms with Gasteiger partial charge in [0, 0.05) is 17.3 Å². The average Bonchev–Trinajstić information content (AvgIpc) is 3.20. The Morgan fingerprint density at radius 2 is 1.74 bits per heavy atom. The summed E-state index contributed by atoms with van der Waals surface area (Å²) in [6.07, 6.45) is 0. The number of carbonyl (C=O) groups excluding carboxylic acids is 2. The molecule has 0 aliphatic carbocycles. The highest BCUT2D eigenvalue weighted by molar-refractivity contribution is 5.95. The monoisotopic (exact) mass is 456 g/mol. The van der Waals surface area contributed by atoms with Crippen molar-refractivity contribution in [2.45, 2.75) is 33.0 Å². The van der Waals surface area contributed by atoms with Crippen molar-refractivity contribution < 1.29 is 14.3 Å². The number of hydrogen-bond donors (Lipinski definition) is 1. The van der Waals surface area contributed by atoms with Gasteiger partial charge in [0.05, 0.1) is 24.7 Å². The maximum Gasteiger partial charge on any atom is 0.251 e. The first-order valence-corrected chi connectivity index (χ1v) is 11.2. The summed E-state index contributed by atoms with van der Waals surface area (Å²) in [6, 6.07) is 24.2. The van der Waals surface area contributed by atoms with Crippen LogP contribution in [0.3, 0.4) is 0 Å². The number of amides is 2. The maximum atomic E-state index is 13.5. The summed E-state index contributed by atoms with van der Waals surface area (Å²) in [5, 5.41) is 2.92. The fourth-order valence-electron chi connectivity index (χ4n) is 3.99. The molecule has 0 unspecified atom stereocenters. The molecule has 0 aliphatic rings. The average molecular weight is 457 g/mol. The number of rotatable bonds is 8. The molecule has 0 fully saturated rings. The summed E-state index contributed by atoms with van der Waals surface area (Å²) < 4.78 is 7.09. The lowest BCUT2D eigenvalue weighted by Gasteiger charge is -2.27. The third-order valence-electron chi connectivity index (χ3n) is 5.59. The van der Waals surface area contributed by atoms with Gasteiger partial charge >= 0.3 is 0 Å². The fourth-order valence-corrected chi connectivity index (χ4v) is 3.99. The third-order valence-corrected chi connectivity index (χ3v) is 5.59. The van der Waals surface area contributed by atoms with E-state index >= 15 is 0 Å². The predicted molar refractivity (Wildman–Crippen MR) is 133 cm³/mol. The number of nitrogens with one attached hydrogen (secondary N) is 1. The van der Waals surface area contributed by atoms with Gasteiger partial charge in [-0.3, -0.25) is 9.59 Å². The van der Waals surface area contributed by atoms with E-state index in [1.807, 2.05) is 73.0 Å². The molecule has 0 saturated carbocycles. The summed E-state index contributed by atoms with van der Waals surface area (Å²) in [5.41, 5.74) is 2.96. The number of ether oxygens (including phenoxy) is 1. The molecule has 1 heterocycles. The Hall–Kier alpha value is -4.13. The number of para-hydroxylation sites is 3. The number of carbonyl (C=O) groups is 2. The Balaban J connectivity index is 1.60. The van der Waals surface area contributed by atoms with E-state index in [-0.39, 0.29) is 30.9 Å². The van der Waals surface area contributed by atoms with Crippen LogP contribution in [0.25, 0.3) is 11.0 Å². The maximum absolute atomic E-state index is 13.5. The Bertz CT molecular complexity index is 1300. The molecule has 0 spiro atoms. The molecule has 1 aromatic heterocycles. The third kappa shape index (κ3) is 4.93. The first kappa shape index (κ1) is 23.0. The number of imidazole rings is 1. The number of aromatic nitrogens is 2. The standard InChI is InChI=1S/C27H28N4O3/c1-19(2)31(21-11-5-4-6-12-21)26(32)18-30-24-15-8-7-14-23(24)29-25(30)17-28-27(33)20-10-9-13-22(16-20)34-3/h4-16,19H,17-18H2,1-3H3,(H,28,33). The van der Waals surface area contributed by atoms with Gasteiger partial charge < -0.3 is 19.5 Å². The van der Waals surface area contributed by atoms with E-state index in [0.717, 1.165) is 16.7 Å². The highest BCUT2D eigenvalue weighted by Gasteiger charge is 2.22. The van der Waals surface area contributed by atoms with Crippen molar-refractivity contribution in [1.82, 2.24) is 14.9 Å². The number of fused-ring (bicyclic) bond motifs is 1. The van der Waals surface area contributed by atoms with Crippen LogP contribution >= 0.6 is 0 Å². The smallest absolute Gasteiger partial charge is 0.251 e. The molecular formula is C27H28N4O3.